The van der Waals surface area contributed by atoms with Gasteiger partial charge in [-0.15, -0.1) is 0 Å². The molecule has 0 saturated carbocycles. The zero-order valence-electron chi connectivity index (χ0n) is 8.79. The van der Waals surface area contributed by atoms with Crippen molar-refractivity contribution in [1.29, 1.82) is 0 Å². The van der Waals surface area contributed by atoms with Crippen molar-refractivity contribution in [2.45, 2.75) is 44.7 Å². The summed E-state index contributed by atoms with van der Waals surface area (Å²) in [5.41, 5.74) is 5.54. The van der Waals surface area contributed by atoms with Crippen molar-refractivity contribution in [3.63, 3.8) is 0 Å². The van der Waals surface area contributed by atoms with E-state index in [4.69, 9.17) is 10.5 Å². The molecule has 82 valence electrons. The Morgan fingerprint density at radius 3 is 3.07 bits per heavy atom. The molecule has 0 bridgehead atoms. The van der Waals surface area contributed by atoms with Crippen molar-refractivity contribution in [2.75, 3.05) is 13.2 Å². The van der Waals surface area contributed by atoms with Gasteiger partial charge in [-0.25, -0.2) is 0 Å². The Kier molecular flexibility index (Phi) is 4.90. The zero-order valence-corrected chi connectivity index (χ0v) is 8.79. The molecular weight excluding hydrogens is 180 g/mol. The number of amides is 1. The molecule has 1 aliphatic heterocycles. The molecule has 0 aromatic heterocycles. The van der Waals surface area contributed by atoms with Crippen LogP contribution in [0, 0.1) is 0 Å². The third-order valence-corrected chi connectivity index (χ3v) is 2.32. The largest absolute Gasteiger partial charge is 0.381 e. The molecule has 4 heteroatoms. The molecular formula is C10H20N2O2. The van der Waals surface area contributed by atoms with Crippen LogP contribution in [-0.2, 0) is 9.53 Å². The second-order valence-electron chi connectivity index (χ2n) is 3.99. The minimum Gasteiger partial charge on any atom is -0.381 e. The van der Waals surface area contributed by atoms with Crippen molar-refractivity contribution >= 4 is 5.91 Å². The van der Waals surface area contributed by atoms with E-state index in [0.29, 0.717) is 6.42 Å². The van der Waals surface area contributed by atoms with Gasteiger partial charge in [0.05, 0.1) is 0 Å². The van der Waals surface area contributed by atoms with Gasteiger partial charge < -0.3 is 15.8 Å². The number of nitrogens with one attached hydrogen (secondary N) is 1. The van der Waals surface area contributed by atoms with Crippen LogP contribution < -0.4 is 11.1 Å². The first-order valence-corrected chi connectivity index (χ1v) is 5.31. The summed E-state index contributed by atoms with van der Waals surface area (Å²) in [5, 5.41) is 2.99. The number of carbonyl (C=O) groups excluding carboxylic acids is 1. The molecule has 2 atom stereocenters. The van der Waals surface area contributed by atoms with Gasteiger partial charge in [0.25, 0.3) is 0 Å². The Bertz CT molecular complexity index is 175. The highest BCUT2D eigenvalue weighted by atomic mass is 16.5. The maximum atomic E-state index is 11.4. The lowest BCUT2D eigenvalue weighted by atomic mass is 10.1. The fourth-order valence-corrected chi connectivity index (χ4v) is 1.63. The maximum Gasteiger partial charge on any atom is 0.221 e. The predicted molar refractivity (Wildman–Crippen MR) is 54.9 cm³/mol. The standard InChI is InChI=1S/C10H20N2O2/c1-8(11)7-10(13)12-9-3-2-5-14-6-4-9/h8-9H,2-7,11H2,1H3,(H,12,13). The number of ether oxygens (including phenoxy) is 1. The Hall–Kier alpha value is -0.610. The first kappa shape index (κ1) is 11.5. The summed E-state index contributed by atoms with van der Waals surface area (Å²) in [7, 11) is 0. The monoisotopic (exact) mass is 200 g/mol. The summed E-state index contributed by atoms with van der Waals surface area (Å²) in [6.45, 7) is 3.42. The van der Waals surface area contributed by atoms with Crippen LogP contribution >= 0.6 is 0 Å². The Morgan fingerprint density at radius 2 is 2.36 bits per heavy atom. The number of hydrogen-bond acceptors (Lipinski definition) is 3. The topological polar surface area (TPSA) is 64.4 Å². The first-order valence-electron chi connectivity index (χ1n) is 5.31. The lowest BCUT2D eigenvalue weighted by Crippen LogP contribution is -2.37. The summed E-state index contributed by atoms with van der Waals surface area (Å²) in [6.07, 6.45) is 3.38. The molecule has 1 amide bonds. The van der Waals surface area contributed by atoms with Crippen LogP contribution in [0.2, 0.25) is 0 Å². The minimum atomic E-state index is -0.0583. The van der Waals surface area contributed by atoms with E-state index in [0.717, 1.165) is 32.5 Å². The smallest absolute Gasteiger partial charge is 0.221 e. The molecule has 3 N–H and O–H groups in total. The van der Waals surface area contributed by atoms with Crippen molar-refractivity contribution in [3.05, 3.63) is 0 Å². The van der Waals surface area contributed by atoms with Crippen molar-refractivity contribution in [2.24, 2.45) is 5.73 Å². The minimum absolute atomic E-state index is 0.0583. The summed E-state index contributed by atoms with van der Waals surface area (Å²) in [4.78, 5) is 11.4. The van der Waals surface area contributed by atoms with E-state index >= 15 is 0 Å². The van der Waals surface area contributed by atoms with Gasteiger partial charge in [-0.1, -0.05) is 0 Å². The van der Waals surface area contributed by atoms with Crippen LogP contribution in [0.4, 0.5) is 0 Å². The Balaban J connectivity index is 2.23. The van der Waals surface area contributed by atoms with Gasteiger partial charge >= 0.3 is 0 Å². The molecule has 2 unspecified atom stereocenters. The maximum absolute atomic E-state index is 11.4. The summed E-state index contributed by atoms with van der Waals surface area (Å²) in [5.74, 6) is 0.0619. The number of carbonyl (C=O) groups is 1. The predicted octanol–water partition coefficient (Wildman–Crippen LogP) is 0.409. The molecule has 0 aromatic carbocycles. The van der Waals surface area contributed by atoms with Gasteiger partial charge in [-0.3, -0.25) is 4.79 Å². The molecule has 0 spiro atoms. The molecule has 0 radical (unpaired) electrons. The van der Waals surface area contributed by atoms with Gasteiger partial charge in [0, 0.05) is 31.7 Å². The van der Waals surface area contributed by atoms with Gasteiger partial charge in [0.15, 0.2) is 0 Å². The van der Waals surface area contributed by atoms with E-state index in [-0.39, 0.29) is 18.0 Å². The second-order valence-corrected chi connectivity index (χ2v) is 3.99. The van der Waals surface area contributed by atoms with E-state index in [1.165, 1.54) is 0 Å². The third kappa shape index (κ3) is 4.58. The molecule has 1 heterocycles. The lowest BCUT2D eigenvalue weighted by molar-refractivity contribution is -0.122. The second kappa shape index (κ2) is 5.98. The van der Waals surface area contributed by atoms with Crippen LogP contribution in [0.5, 0.6) is 0 Å². The Labute approximate surface area is 85.2 Å². The van der Waals surface area contributed by atoms with E-state index in [1.807, 2.05) is 6.92 Å². The van der Waals surface area contributed by atoms with Crippen LogP contribution in [0.15, 0.2) is 0 Å². The number of hydrogen-bond donors (Lipinski definition) is 2. The lowest BCUT2D eigenvalue weighted by Gasteiger charge is -2.16. The van der Waals surface area contributed by atoms with Gasteiger partial charge in [0.1, 0.15) is 0 Å². The molecule has 4 nitrogen and oxygen atoms in total. The highest BCUT2D eigenvalue weighted by molar-refractivity contribution is 5.76. The summed E-state index contributed by atoms with van der Waals surface area (Å²) < 4.78 is 5.31. The molecule has 14 heavy (non-hydrogen) atoms. The average Bonchev–Trinajstić information content (AvgIpc) is 2.31. The quantitative estimate of drug-likeness (QED) is 0.693. The summed E-state index contributed by atoms with van der Waals surface area (Å²) >= 11 is 0. The first-order chi connectivity index (χ1) is 6.68. The molecule has 1 fully saturated rings. The molecule has 1 aliphatic rings. The van der Waals surface area contributed by atoms with Crippen LogP contribution in [0.3, 0.4) is 0 Å². The van der Waals surface area contributed by atoms with E-state index in [9.17, 15) is 4.79 Å². The molecule has 0 aromatic rings. The average molecular weight is 200 g/mol. The highest BCUT2D eigenvalue weighted by Gasteiger charge is 2.15. The summed E-state index contributed by atoms with van der Waals surface area (Å²) in [6, 6.07) is 0.223. The van der Waals surface area contributed by atoms with Crippen molar-refractivity contribution < 1.29 is 9.53 Å². The van der Waals surface area contributed by atoms with Gasteiger partial charge in [-0.2, -0.15) is 0 Å². The van der Waals surface area contributed by atoms with E-state index in [2.05, 4.69) is 5.32 Å². The van der Waals surface area contributed by atoms with Crippen molar-refractivity contribution in [1.82, 2.24) is 5.32 Å². The number of rotatable bonds is 3. The van der Waals surface area contributed by atoms with Crippen LogP contribution in [-0.4, -0.2) is 31.2 Å². The number of nitrogens with two attached hydrogens (primary N) is 1. The molecule has 1 saturated heterocycles. The van der Waals surface area contributed by atoms with Crippen LogP contribution in [0.25, 0.3) is 0 Å². The molecule has 0 aliphatic carbocycles. The van der Waals surface area contributed by atoms with Crippen molar-refractivity contribution in [3.8, 4) is 0 Å². The van der Waals surface area contributed by atoms with Gasteiger partial charge in [0.2, 0.25) is 5.91 Å². The normalized spacial score (nSPS) is 25.1. The van der Waals surface area contributed by atoms with E-state index < -0.39 is 0 Å². The van der Waals surface area contributed by atoms with Gasteiger partial charge in [-0.05, 0) is 26.2 Å². The van der Waals surface area contributed by atoms with E-state index in [1.54, 1.807) is 0 Å². The fraction of sp³-hybridized carbons (Fsp3) is 0.900. The van der Waals surface area contributed by atoms with Crippen LogP contribution in [0.1, 0.15) is 32.6 Å². The molecule has 1 rings (SSSR count). The Morgan fingerprint density at radius 1 is 1.57 bits per heavy atom. The fourth-order valence-electron chi connectivity index (χ4n) is 1.63. The SMILES string of the molecule is CC(N)CC(=O)NC1CCCOCC1. The highest BCUT2D eigenvalue weighted by Crippen LogP contribution is 2.08. The zero-order chi connectivity index (χ0) is 10.4. The third-order valence-electron chi connectivity index (χ3n) is 2.32.